The maximum atomic E-state index is 13.7. The highest BCUT2D eigenvalue weighted by atomic mass is 35.5. The molecule has 1 amide bonds. The van der Waals surface area contributed by atoms with E-state index in [-0.39, 0.29) is 23.7 Å². The monoisotopic (exact) mass is 474 g/mol. The number of carbonyl (C=O) groups excluding carboxylic acids is 2. The van der Waals surface area contributed by atoms with Crippen molar-refractivity contribution in [2.45, 2.75) is 63.6 Å². The molecule has 0 bridgehead atoms. The second-order valence-electron chi connectivity index (χ2n) is 9.25. The molecule has 2 saturated heterocycles. The fourth-order valence-corrected chi connectivity index (χ4v) is 5.40. The summed E-state index contributed by atoms with van der Waals surface area (Å²) in [5.74, 6) is -0.237. The summed E-state index contributed by atoms with van der Waals surface area (Å²) >= 11 is 12.4. The lowest BCUT2D eigenvalue weighted by atomic mass is 9.86. The van der Waals surface area contributed by atoms with Gasteiger partial charge in [0.25, 0.3) is 5.91 Å². The number of hydroxylamine groups is 1. The van der Waals surface area contributed by atoms with Crippen molar-refractivity contribution in [2.24, 2.45) is 0 Å². The van der Waals surface area contributed by atoms with Crippen LogP contribution >= 0.6 is 23.2 Å². The maximum absolute atomic E-state index is 13.7. The van der Waals surface area contributed by atoms with E-state index in [1.54, 1.807) is 23.3 Å². The Labute approximate surface area is 199 Å². The second-order valence-corrected chi connectivity index (χ2v) is 10.1. The molecule has 2 atom stereocenters. The molecule has 1 spiro atoms. The van der Waals surface area contributed by atoms with E-state index in [4.69, 9.17) is 28.0 Å². The highest BCUT2D eigenvalue weighted by Crippen LogP contribution is 2.48. The first kappa shape index (κ1) is 23.1. The van der Waals surface area contributed by atoms with Gasteiger partial charge < -0.3 is 4.90 Å². The number of amides is 1. The first-order valence-corrected chi connectivity index (χ1v) is 11.8. The topological polar surface area (TPSA) is 49.9 Å². The van der Waals surface area contributed by atoms with Crippen molar-refractivity contribution in [3.05, 3.63) is 64.1 Å². The Bertz CT molecular complexity index is 1030. The molecule has 0 unspecified atom stereocenters. The van der Waals surface area contributed by atoms with E-state index >= 15 is 0 Å². The molecule has 170 valence electrons. The van der Waals surface area contributed by atoms with E-state index in [2.05, 4.69) is 20.8 Å². The van der Waals surface area contributed by atoms with Crippen molar-refractivity contribution in [2.75, 3.05) is 11.6 Å². The van der Waals surface area contributed by atoms with Gasteiger partial charge in [0.15, 0.2) is 11.4 Å². The number of ketones is 1. The van der Waals surface area contributed by atoms with Crippen molar-refractivity contribution in [1.29, 1.82) is 0 Å². The molecule has 2 aliphatic heterocycles. The van der Waals surface area contributed by atoms with Crippen LogP contribution in [0.5, 0.6) is 0 Å². The molecule has 0 aromatic heterocycles. The summed E-state index contributed by atoms with van der Waals surface area (Å²) in [5, 5.41) is 2.36. The molecule has 5 nitrogen and oxygen atoms in total. The SMILES string of the molecule is CCCCN1C(=O)[C@]2(C[C@H](C(=O)c3ccc(Cl)cc3Cl)N(c3ccccc3)O2)CC1(C)C. The van der Waals surface area contributed by atoms with E-state index in [9.17, 15) is 9.59 Å². The third-order valence-corrected chi connectivity index (χ3v) is 6.96. The van der Waals surface area contributed by atoms with Crippen molar-refractivity contribution in [3.8, 4) is 0 Å². The number of Topliss-reactive ketones (excluding diaryl/α,β-unsaturated/α-hetero) is 1. The summed E-state index contributed by atoms with van der Waals surface area (Å²) in [6.45, 7) is 6.92. The van der Waals surface area contributed by atoms with Crippen LogP contribution in [0.1, 0.15) is 56.8 Å². The molecule has 7 heteroatoms. The number of nitrogens with zero attached hydrogens (tertiary/aromatic N) is 2. The van der Waals surface area contributed by atoms with Crippen LogP contribution < -0.4 is 5.06 Å². The van der Waals surface area contributed by atoms with E-state index in [1.165, 1.54) is 0 Å². The van der Waals surface area contributed by atoms with Crippen LogP contribution in [-0.2, 0) is 9.63 Å². The van der Waals surface area contributed by atoms with Crippen molar-refractivity contribution in [1.82, 2.24) is 4.90 Å². The van der Waals surface area contributed by atoms with Crippen molar-refractivity contribution >= 4 is 40.6 Å². The van der Waals surface area contributed by atoms with Gasteiger partial charge in [-0.1, -0.05) is 54.7 Å². The van der Waals surface area contributed by atoms with Crippen LogP contribution in [-0.4, -0.2) is 40.3 Å². The van der Waals surface area contributed by atoms with Gasteiger partial charge in [0.05, 0.1) is 10.7 Å². The van der Waals surface area contributed by atoms with Gasteiger partial charge in [-0.15, -0.1) is 0 Å². The summed E-state index contributed by atoms with van der Waals surface area (Å²) in [7, 11) is 0. The predicted octanol–water partition coefficient (Wildman–Crippen LogP) is 5.94. The predicted molar refractivity (Wildman–Crippen MR) is 127 cm³/mol. The molecule has 32 heavy (non-hydrogen) atoms. The molecule has 0 saturated carbocycles. The minimum Gasteiger partial charge on any atom is -0.335 e. The number of benzene rings is 2. The molecule has 0 aliphatic carbocycles. The van der Waals surface area contributed by atoms with Gasteiger partial charge in [-0.05, 0) is 50.6 Å². The summed E-state index contributed by atoms with van der Waals surface area (Å²) in [5.41, 5.74) is -0.336. The number of hydrogen-bond acceptors (Lipinski definition) is 4. The van der Waals surface area contributed by atoms with E-state index < -0.39 is 11.6 Å². The normalized spacial score (nSPS) is 24.5. The summed E-state index contributed by atoms with van der Waals surface area (Å²) in [6.07, 6.45) is 2.71. The molecule has 2 fully saturated rings. The Morgan fingerprint density at radius 3 is 2.53 bits per heavy atom. The fraction of sp³-hybridized carbons (Fsp3) is 0.440. The van der Waals surface area contributed by atoms with Gasteiger partial charge in [-0.25, -0.2) is 5.06 Å². The number of unbranched alkanes of at least 4 members (excludes halogenated alkanes) is 1. The van der Waals surface area contributed by atoms with E-state index in [1.807, 2.05) is 35.2 Å². The lowest BCUT2D eigenvalue weighted by molar-refractivity contribution is -0.146. The standard InChI is InChI=1S/C25H28Cl2N2O3/c1-4-5-13-28-23(31)25(16-24(28,2)3)15-21(29(32-25)18-9-7-6-8-10-18)22(30)19-12-11-17(26)14-20(19)27/h6-12,14,21H,4-5,13,15-16H2,1-3H3/t21-,25+/m1/s1. The summed E-state index contributed by atoms with van der Waals surface area (Å²) in [6, 6.07) is 13.6. The molecule has 0 radical (unpaired) electrons. The van der Waals surface area contributed by atoms with Crippen LogP contribution in [0.4, 0.5) is 5.69 Å². The van der Waals surface area contributed by atoms with Crippen LogP contribution in [0, 0.1) is 0 Å². The van der Waals surface area contributed by atoms with Gasteiger partial charge in [0.1, 0.15) is 6.04 Å². The Morgan fingerprint density at radius 1 is 1.16 bits per heavy atom. The number of hydrogen-bond donors (Lipinski definition) is 0. The van der Waals surface area contributed by atoms with Crippen molar-refractivity contribution in [3.63, 3.8) is 0 Å². The third kappa shape index (κ3) is 4.02. The molecule has 2 aromatic carbocycles. The number of likely N-dealkylation sites (tertiary alicyclic amines) is 1. The Morgan fingerprint density at radius 2 is 1.88 bits per heavy atom. The Hall–Kier alpha value is -2.08. The van der Waals surface area contributed by atoms with E-state index in [0.717, 1.165) is 18.5 Å². The van der Waals surface area contributed by atoms with Crippen LogP contribution in [0.3, 0.4) is 0 Å². The maximum Gasteiger partial charge on any atom is 0.258 e. The quantitative estimate of drug-likeness (QED) is 0.486. The second kappa shape index (κ2) is 8.69. The lowest BCUT2D eigenvalue weighted by Gasteiger charge is -2.31. The zero-order valence-electron chi connectivity index (χ0n) is 18.6. The first-order valence-electron chi connectivity index (χ1n) is 11.0. The number of carbonyl (C=O) groups is 2. The number of rotatable bonds is 6. The highest BCUT2D eigenvalue weighted by molar-refractivity contribution is 6.37. The van der Waals surface area contributed by atoms with Crippen LogP contribution in [0.25, 0.3) is 0 Å². The Kier molecular flexibility index (Phi) is 6.27. The van der Waals surface area contributed by atoms with Crippen LogP contribution in [0.2, 0.25) is 10.0 Å². The highest BCUT2D eigenvalue weighted by Gasteiger charge is 2.63. The molecule has 2 aliphatic rings. The average Bonchev–Trinajstić information content (AvgIpc) is 3.21. The molecule has 2 aromatic rings. The first-order chi connectivity index (χ1) is 15.2. The largest absolute Gasteiger partial charge is 0.335 e. The van der Waals surface area contributed by atoms with Gasteiger partial charge in [0.2, 0.25) is 0 Å². The lowest BCUT2D eigenvalue weighted by Crippen LogP contribution is -2.44. The van der Waals surface area contributed by atoms with Gasteiger partial charge in [-0.3, -0.25) is 14.4 Å². The van der Waals surface area contributed by atoms with E-state index in [0.29, 0.717) is 28.6 Å². The average molecular weight is 475 g/mol. The molecule has 0 N–H and O–H groups in total. The van der Waals surface area contributed by atoms with Gasteiger partial charge in [-0.2, -0.15) is 0 Å². The summed E-state index contributed by atoms with van der Waals surface area (Å²) < 4.78 is 0. The van der Waals surface area contributed by atoms with Gasteiger partial charge >= 0.3 is 0 Å². The molecule has 2 heterocycles. The molecule has 4 rings (SSSR count). The smallest absolute Gasteiger partial charge is 0.258 e. The molecular weight excluding hydrogens is 447 g/mol. The zero-order valence-corrected chi connectivity index (χ0v) is 20.1. The minimum absolute atomic E-state index is 0.0469. The molecular formula is C25H28Cl2N2O3. The van der Waals surface area contributed by atoms with Crippen molar-refractivity contribution < 1.29 is 14.4 Å². The number of anilines is 1. The van der Waals surface area contributed by atoms with Crippen LogP contribution in [0.15, 0.2) is 48.5 Å². The summed E-state index contributed by atoms with van der Waals surface area (Å²) in [4.78, 5) is 35.7. The van der Waals surface area contributed by atoms with Gasteiger partial charge in [0, 0.05) is 35.5 Å². The fourth-order valence-electron chi connectivity index (χ4n) is 4.90. The number of halogens is 2. The third-order valence-electron chi connectivity index (χ3n) is 6.41. The Balaban J connectivity index is 1.73. The zero-order chi connectivity index (χ0) is 23.1. The number of para-hydroxylation sites is 1. The minimum atomic E-state index is -1.08.